The van der Waals surface area contributed by atoms with Crippen molar-refractivity contribution in [3.8, 4) is 11.1 Å². The first-order chi connectivity index (χ1) is 16.6. The minimum atomic E-state index is 0. The predicted molar refractivity (Wildman–Crippen MR) is 141 cm³/mol. The van der Waals surface area contributed by atoms with Gasteiger partial charge < -0.3 is 24.8 Å². The van der Waals surface area contributed by atoms with Crippen molar-refractivity contribution < 1.29 is 44.8 Å². The molecule has 0 nitrogen and oxygen atoms in total. The molecule has 3 heteroatoms. The maximum atomic E-state index is 3.30. The molecule has 0 spiro atoms. The Morgan fingerprint density at radius 1 is 0.667 bits per heavy atom. The van der Waals surface area contributed by atoms with Crippen LogP contribution in [-0.2, 0) is 26.4 Å². The van der Waals surface area contributed by atoms with Crippen molar-refractivity contribution in [1.29, 1.82) is 0 Å². The molecule has 1 aliphatic carbocycles. The summed E-state index contributed by atoms with van der Waals surface area (Å²) in [6.07, 6.45) is 1.05. The van der Waals surface area contributed by atoms with Crippen LogP contribution in [0.5, 0.6) is 0 Å². The van der Waals surface area contributed by atoms with Gasteiger partial charge in [0.25, 0.3) is 0 Å². The van der Waals surface area contributed by atoms with Gasteiger partial charge in [0, 0.05) is 0 Å². The molecule has 0 fully saturated rings. The van der Waals surface area contributed by atoms with Gasteiger partial charge in [-0.05, 0) is 6.42 Å². The number of hydrogen-bond donors (Lipinski definition) is 0. The Morgan fingerprint density at radius 2 is 1.19 bits per heavy atom. The molecule has 0 saturated heterocycles. The largest absolute Gasteiger partial charge is 1.00 e. The van der Waals surface area contributed by atoms with E-state index in [0.29, 0.717) is 0 Å². The molecule has 6 rings (SSSR count). The van der Waals surface area contributed by atoms with Crippen LogP contribution >= 0.6 is 0 Å². The van der Waals surface area contributed by atoms with Gasteiger partial charge in [-0.25, -0.2) is 12.1 Å². The van der Waals surface area contributed by atoms with E-state index in [1.807, 2.05) is 36.4 Å². The van der Waals surface area contributed by atoms with Crippen molar-refractivity contribution >= 4 is 3.81 Å². The monoisotopic (exact) mass is 542 g/mol. The maximum absolute atomic E-state index is 3.30. The number of halogens is 2. The van der Waals surface area contributed by atoms with Gasteiger partial charge in [-0.2, -0.15) is 48.0 Å². The van der Waals surface area contributed by atoms with E-state index >= 15 is 0 Å². The second-order valence-corrected chi connectivity index (χ2v) is 9.25. The number of rotatable bonds is 2. The predicted octanol–water partition coefficient (Wildman–Crippen LogP) is 1.89. The van der Waals surface area contributed by atoms with Crippen LogP contribution in [0.3, 0.4) is 0 Å². The van der Waals surface area contributed by atoms with Crippen molar-refractivity contribution in [3.63, 3.8) is 0 Å². The molecule has 0 radical (unpaired) electrons. The van der Waals surface area contributed by atoms with Crippen molar-refractivity contribution in [1.82, 2.24) is 0 Å². The summed E-state index contributed by atoms with van der Waals surface area (Å²) < 4.78 is 1.33. The second kappa shape index (κ2) is 14.8. The zero-order valence-corrected chi connectivity index (χ0v) is 23.6. The molecule has 0 aromatic heterocycles. The summed E-state index contributed by atoms with van der Waals surface area (Å²) in [5.74, 6) is 0. The maximum Gasteiger partial charge on any atom is -0.0253 e. The van der Waals surface area contributed by atoms with Gasteiger partial charge in [-0.15, -0.1) is 5.56 Å². The van der Waals surface area contributed by atoms with E-state index in [2.05, 4.69) is 125 Å². The third-order valence-electron chi connectivity index (χ3n) is 5.85. The SMILES string of the molecule is Cc1ccc([C](=[Ti+2])c2ccc(C)cc2)cc1.[Cl-].[Cl-].[c-]1cccc2c1Cc1ccccc1-2.c1cc[cH-]c1. The van der Waals surface area contributed by atoms with Crippen molar-refractivity contribution in [2.24, 2.45) is 0 Å². The first-order valence-electron chi connectivity index (χ1n) is 11.6. The van der Waals surface area contributed by atoms with Crippen molar-refractivity contribution in [3.05, 3.63) is 161 Å². The summed E-state index contributed by atoms with van der Waals surface area (Å²) in [6.45, 7) is 4.23. The summed E-state index contributed by atoms with van der Waals surface area (Å²) in [5.41, 5.74) is 10.7. The fraction of sp³-hybridized carbons (Fsp3) is 0.0909. The number of benzene rings is 4. The average Bonchev–Trinajstić information content (AvgIpc) is 3.57. The topological polar surface area (TPSA) is 0 Å². The minimum absolute atomic E-state index is 0. The molecule has 0 saturated carbocycles. The summed E-state index contributed by atoms with van der Waals surface area (Å²) in [7, 11) is 0. The van der Waals surface area contributed by atoms with Crippen LogP contribution in [0, 0.1) is 19.9 Å². The van der Waals surface area contributed by atoms with Gasteiger partial charge in [0.2, 0.25) is 0 Å². The summed E-state index contributed by atoms with van der Waals surface area (Å²) in [5, 5.41) is 0. The van der Waals surface area contributed by atoms with Gasteiger partial charge in [-0.3, -0.25) is 0 Å². The molecule has 0 N–H and O–H groups in total. The molecule has 5 aromatic carbocycles. The van der Waals surface area contributed by atoms with Crippen LogP contribution in [0.4, 0.5) is 0 Å². The summed E-state index contributed by atoms with van der Waals surface area (Å²) in [6, 6.07) is 45.5. The Labute approximate surface area is 239 Å². The molecule has 0 unspecified atom stereocenters. The number of hydrogen-bond acceptors (Lipinski definition) is 0. The number of fused-ring (bicyclic) bond motifs is 3. The molecule has 5 aromatic rings. The molecular formula is C33H28Cl2Ti-2. The van der Waals surface area contributed by atoms with Crippen LogP contribution in [0.2, 0.25) is 0 Å². The summed E-state index contributed by atoms with van der Waals surface area (Å²) in [4.78, 5) is 0. The first-order valence-corrected chi connectivity index (χ1v) is 12.4. The quantitative estimate of drug-likeness (QED) is 0.231. The van der Waals surface area contributed by atoms with Crippen molar-refractivity contribution in [2.75, 3.05) is 0 Å². The zero-order valence-electron chi connectivity index (χ0n) is 20.5. The van der Waals surface area contributed by atoms with E-state index in [9.17, 15) is 0 Å². The van der Waals surface area contributed by atoms with E-state index in [0.717, 1.165) is 6.42 Å². The Hall–Kier alpha value is -2.61. The van der Waals surface area contributed by atoms with Crippen molar-refractivity contribution in [2.45, 2.75) is 20.3 Å². The molecular weight excluding hydrogens is 515 g/mol. The molecule has 1 aliphatic rings. The van der Waals surface area contributed by atoms with Crippen LogP contribution in [-0.4, -0.2) is 3.81 Å². The standard InChI is InChI=1S/C15H14.C13H9.C5H5.2ClH.Ti/c1-12-3-7-14(8-4-12)11-15-9-5-13(2)6-10-15;1-3-7-12-10(5-1)9-11-6-2-4-8-13(11)12;1-2-4-5-3-1;;;/h3-10H,1-2H3;1-5,7-8H,9H2;1-5H;2*1H;/q;2*-1;;;+2/p-2. The molecule has 0 aliphatic heterocycles. The van der Waals surface area contributed by atoms with Gasteiger partial charge in [0.05, 0.1) is 0 Å². The summed E-state index contributed by atoms with van der Waals surface area (Å²) >= 11 is 2.18. The fourth-order valence-electron chi connectivity index (χ4n) is 3.93. The average molecular weight is 543 g/mol. The normalized spacial score (nSPS) is 10.1. The van der Waals surface area contributed by atoms with E-state index in [1.54, 1.807) is 0 Å². The Kier molecular flexibility index (Phi) is 12.2. The second-order valence-electron chi connectivity index (χ2n) is 8.47. The van der Waals surface area contributed by atoms with Crippen LogP contribution in [0.15, 0.2) is 121 Å². The van der Waals surface area contributed by atoms with Gasteiger partial charge in [0.1, 0.15) is 0 Å². The molecule has 0 amide bonds. The van der Waals surface area contributed by atoms with Crippen LogP contribution < -0.4 is 24.8 Å². The Bertz CT molecular complexity index is 1230. The van der Waals surface area contributed by atoms with Crippen LogP contribution in [0.25, 0.3) is 11.1 Å². The van der Waals surface area contributed by atoms with E-state index in [1.165, 1.54) is 48.3 Å². The molecule has 36 heavy (non-hydrogen) atoms. The Balaban J connectivity index is 0.000000205. The van der Waals surface area contributed by atoms with Gasteiger partial charge in [-0.1, -0.05) is 35.4 Å². The third kappa shape index (κ3) is 7.95. The molecule has 0 heterocycles. The van der Waals surface area contributed by atoms with Crippen LogP contribution in [0.1, 0.15) is 33.4 Å². The van der Waals surface area contributed by atoms with E-state index < -0.39 is 0 Å². The van der Waals surface area contributed by atoms with E-state index in [-0.39, 0.29) is 24.8 Å². The molecule has 0 bridgehead atoms. The molecule has 0 atom stereocenters. The molecule has 180 valence electrons. The van der Waals surface area contributed by atoms with Gasteiger partial charge >= 0.3 is 108 Å². The number of aryl methyl sites for hydroxylation is 2. The van der Waals surface area contributed by atoms with E-state index in [4.69, 9.17) is 0 Å². The third-order valence-corrected chi connectivity index (χ3v) is 6.75. The fourth-order valence-corrected chi connectivity index (χ4v) is 4.45. The van der Waals surface area contributed by atoms with Gasteiger partial charge in [0.15, 0.2) is 0 Å². The minimum Gasteiger partial charge on any atom is -1.00 e. The Morgan fingerprint density at radius 3 is 1.72 bits per heavy atom. The first kappa shape index (κ1) is 29.6. The zero-order chi connectivity index (χ0) is 23.8. The smallest absolute Gasteiger partial charge is 0.0253 e.